The number of nitrogens with zero attached hydrogens (tertiary/aromatic N) is 3. The van der Waals surface area contributed by atoms with Gasteiger partial charge in [-0.05, 0) is 48.5 Å². The molecule has 0 atom stereocenters. The number of pyridine rings is 1. The van der Waals surface area contributed by atoms with Gasteiger partial charge in [-0.2, -0.15) is 5.10 Å². The van der Waals surface area contributed by atoms with E-state index < -0.39 is 0 Å². The number of hydrogen-bond acceptors (Lipinski definition) is 3. The summed E-state index contributed by atoms with van der Waals surface area (Å²) in [6, 6.07) is 3.94. The summed E-state index contributed by atoms with van der Waals surface area (Å²) in [5, 5.41) is 7.30. The van der Waals surface area contributed by atoms with E-state index in [1.807, 2.05) is 12.1 Å². The zero-order valence-electron chi connectivity index (χ0n) is 11.3. The minimum atomic E-state index is 0.407. The maximum atomic E-state index is 5.38. The van der Waals surface area contributed by atoms with Gasteiger partial charge in [-0.25, -0.2) is 0 Å². The van der Waals surface area contributed by atoms with Crippen LogP contribution in [0.2, 0.25) is 0 Å². The third-order valence-electron chi connectivity index (χ3n) is 4.29. The van der Waals surface area contributed by atoms with Gasteiger partial charge in [0.2, 0.25) is 0 Å². The van der Waals surface area contributed by atoms with Gasteiger partial charge in [-0.3, -0.25) is 14.6 Å². The van der Waals surface area contributed by atoms with Crippen molar-refractivity contribution in [3.8, 4) is 11.4 Å². The van der Waals surface area contributed by atoms with Crippen LogP contribution in [-0.2, 0) is 6.54 Å². The molecular formula is C14H18N4S. The average Bonchev–Trinajstić information content (AvgIpc) is 3.11. The van der Waals surface area contributed by atoms with Crippen LogP contribution in [-0.4, -0.2) is 19.7 Å². The van der Waals surface area contributed by atoms with Crippen molar-refractivity contribution in [1.29, 1.82) is 0 Å². The van der Waals surface area contributed by atoms with E-state index in [-0.39, 0.29) is 0 Å². The quantitative estimate of drug-likeness (QED) is 0.869. The molecule has 0 saturated heterocycles. The summed E-state index contributed by atoms with van der Waals surface area (Å²) in [5.74, 6) is 1.59. The highest BCUT2D eigenvalue weighted by Gasteiger charge is 2.46. The van der Waals surface area contributed by atoms with Crippen LogP contribution in [0.15, 0.2) is 24.5 Å². The van der Waals surface area contributed by atoms with Crippen LogP contribution < -0.4 is 0 Å². The van der Waals surface area contributed by atoms with Gasteiger partial charge in [0.15, 0.2) is 10.6 Å². The molecule has 2 aromatic heterocycles. The van der Waals surface area contributed by atoms with E-state index in [2.05, 4.69) is 33.6 Å². The Balaban J connectivity index is 1.99. The van der Waals surface area contributed by atoms with Gasteiger partial charge in [0, 0.05) is 24.5 Å². The molecule has 0 unspecified atom stereocenters. The molecule has 3 rings (SSSR count). The lowest BCUT2D eigenvalue weighted by atomic mass is 9.92. The summed E-state index contributed by atoms with van der Waals surface area (Å²) in [5.41, 5.74) is 1.46. The summed E-state index contributed by atoms with van der Waals surface area (Å²) in [7, 11) is 0. The van der Waals surface area contributed by atoms with Crippen molar-refractivity contribution in [3.63, 3.8) is 0 Å². The SMILES string of the molecule is CC(C)C1(Cn2c(-c3ccncc3)n[nH]c2=S)CC1. The first-order valence-electron chi connectivity index (χ1n) is 6.68. The molecule has 0 aliphatic heterocycles. The third kappa shape index (κ3) is 2.23. The highest BCUT2D eigenvalue weighted by Crippen LogP contribution is 2.53. The Morgan fingerprint density at radius 1 is 1.37 bits per heavy atom. The molecule has 0 spiro atoms. The fourth-order valence-electron chi connectivity index (χ4n) is 2.58. The number of nitrogens with one attached hydrogen (secondary N) is 1. The summed E-state index contributed by atoms with van der Waals surface area (Å²) in [6.07, 6.45) is 6.14. The van der Waals surface area contributed by atoms with Gasteiger partial charge in [0.25, 0.3) is 0 Å². The van der Waals surface area contributed by atoms with Gasteiger partial charge in [0.1, 0.15) is 0 Å². The number of rotatable bonds is 4. The molecule has 100 valence electrons. The summed E-state index contributed by atoms with van der Waals surface area (Å²) >= 11 is 5.38. The molecule has 1 fully saturated rings. The first-order chi connectivity index (χ1) is 9.12. The van der Waals surface area contributed by atoms with E-state index in [4.69, 9.17) is 12.2 Å². The molecule has 4 nitrogen and oxygen atoms in total. The van der Waals surface area contributed by atoms with Crippen LogP contribution >= 0.6 is 12.2 Å². The predicted molar refractivity (Wildman–Crippen MR) is 77.1 cm³/mol. The normalized spacial score (nSPS) is 16.8. The van der Waals surface area contributed by atoms with Crippen LogP contribution in [0, 0.1) is 16.1 Å². The molecule has 1 N–H and O–H groups in total. The van der Waals surface area contributed by atoms with Gasteiger partial charge in [0.05, 0.1) is 0 Å². The number of aromatic nitrogens is 4. The van der Waals surface area contributed by atoms with Crippen molar-refractivity contribution in [2.24, 2.45) is 11.3 Å². The monoisotopic (exact) mass is 274 g/mol. The standard InChI is InChI=1S/C14H18N4S/c1-10(2)14(5-6-14)9-18-12(16-17-13(18)19)11-3-7-15-8-4-11/h3-4,7-8,10H,5-6,9H2,1-2H3,(H,17,19). The molecule has 2 heterocycles. The highest BCUT2D eigenvalue weighted by atomic mass is 32.1. The van der Waals surface area contributed by atoms with Gasteiger partial charge < -0.3 is 0 Å². The minimum Gasteiger partial charge on any atom is -0.300 e. The molecule has 0 amide bonds. The van der Waals surface area contributed by atoms with Gasteiger partial charge >= 0.3 is 0 Å². The zero-order chi connectivity index (χ0) is 13.5. The van der Waals surface area contributed by atoms with Crippen molar-refractivity contribution >= 4 is 12.2 Å². The lowest BCUT2D eigenvalue weighted by Gasteiger charge is -2.20. The second-order valence-electron chi connectivity index (χ2n) is 5.69. The number of H-pyrrole nitrogens is 1. The first-order valence-corrected chi connectivity index (χ1v) is 7.09. The molecule has 1 aliphatic carbocycles. The second kappa shape index (κ2) is 4.56. The zero-order valence-corrected chi connectivity index (χ0v) is 12.1. The Kier molecular flexibility index (Phi) is 3.01. The molecule has 1 aliphatic rings. The number of hydrogen-bond donors (Lipinski definition) is 1. The van der Waals surface area contributed by atoms with Crippen molar-refractivity contribution < 1.29 is 0 Å². The molecule has 0 radical (unpaired) electrons. The van der Waals surface area contributed by atoms with Crippen molar-refractivity contribution in [1.82, 2.24) is 19.7 Å². The van der Waals surface area contributed by atoms with E-state index in [0.717, 1.165) is 17.9 Å². The first kappa shape index (κ1) is 12.5. The Bertz CT molecular complexity index is 622. The maximum Gasteiger partial charge on any atom is 0.195 e. The van der Waals surface area contributed by atoms with Crippen LogP contribution in [0.3, 0.4) is 0 Å². The Hall–Kier alpha value is -1.49. The van der Waals surface area contributed by atoms with E-state index in [1.165, 1.54) is 12.8 Å². The van der Waals surface area contributed by atoms with E-state index in [9.17, 15) is 0 Å². The van der Waals surface area contributed by atoms with Crippen LogP contribution in [0.1, 0.15) is 26.7 Å². The minimum absolute atomic E-state index is 0.407. The Labute approximate surface area is 117 Å². The molecular weight excluding hydrogens is 256 g/mol. The van der Waals surface area contributed by atoms with Crippen molar-refractivity contribution in [2.45, 2.75) is 33.2 Å². The Morgan fingerprint density at radius 2 is 2.05 bits per heavy atom. The van der Waals surface area contributed by atoms with E-state index in [1.54, 1.807) is 12.4 Å². The lowest BCUT2D eigenvalue weighted by Crippen LogP contribution is -2.18. The molecule has 2 aromatic rings. The van der Waals surface area contributed by atoms with Crippen molar-refractivity contribution in [3.05, 3.63) is 29.3 Å². The molecule has 0 bridgehead atoms. The molecule has 5 heteroatoms. The fraction of sp³-hybridized carbons (Fsp3) is 0.500. The third-order valence-corrected chi connectivity index (χ3v) is 4.60. The summed E-state index contributed by atoms with van der Waals surface area (Å²) in [4.78, 5) is 4.05. The Morgan fingerprint density at radius 3 is 2.63 bits per heavy atom. The number of aromatic amines is 1. The molecule has 19 heavy (non-hydrogen) atoms. The fourth-order valence-corrected chi connectivity index (χ4v) is 2.78. The van der Waals surface area contributed by atoms with Gasteiger partial charge in [-0.15, -0.1) is 0 Å². The molecule has 1 saturated carbocycles. The summed E-state index contributed by atoms with van der Waals surface area (Å²) in [6.45, 7) is 5.54. The van der Waals surface area contributed by atoms with Gasteiger partial charge in [-0.1, -0.05) is 13.8 Å². The van der Waals surface area contributed by atoms with Crippen LogP contribution in [0.5, 0.6) is 0 Å². The van der Waals surface area contributed by atoms with E-state index >= 15 is 0 Å². The van der Waals surface area contributed by atoms with Crippen molar-refractivity contribution in [2.75, 3.05) is 0 Å². The largest absolute Gasteiger partial charge is 0.300 e. The van der Waals surface area contributed by atoms with E-state index in [0.29, 0.717) is 16.1 Å². The maximum absolute atomic E-state index is 5.38. The smallest absolute Gasteiger partial charge is 0.195 e. The second-order valence-corrected chi connectivity index (χ2v) is 6.08. The molecule has 0 aromatic carbocycles. The summed E-state index contributed by atoms with van der Waals surface area (Å²) < 4.78 is 2.84. The lowest BCUT2D eigenvalue weighted by molar-refractivity contribution is 0.308. The average molecular weight is 274 g/mol. The predicted octanol–water partition coefficient (Wildman–Crippen LogP) is 3.44. The highest BCUT2D eigenvalue weighted by molar-refractivity contribution is 7.71. The van der Waals surface area contributed by atoms with Crippen LogP contribution in [0.4, 0.5) is 0 Å². The van der Waals surface area contributed by atoms with Crippen LogP contribution in [0.25, 0.3) is 11.4 Å². The topological polar surface area (TPSA) is 46.5 Å².